The van der Waals surface area contributed by atoms with E-state index in [4.69, 9.17) is 45.0 Å². The van der Waals surface area contributed by atoms with E-state index in [1.54, 1.807) is 32.0 Å². The number of alkyl carbamates (subject to hydrolysis) is 1. The molecule has 1 heterocycles. The van der Waals surface area contributed by atoms with Crippen LogP contribution in [0.3, 0.4) is 0 Å². The van der Waals surface area contributed by atoms with Crippen molar-refractivity contribution in [3.05, 3.63) is 63.1 Å². The smallest absolute Gasteiger partial charge is 0.435 e. The number of nitrogens with one attached hydrogen (secondary N) is 2. The van der Waals surface area contributed by atoms with Gasteiger partial charge >= 0.3 is 12.3 Å². The van der Waals surface area contributed by atoms with Crippen LogP contribution < -0.4 is 10.6 Å². The molecule has 1 unspecified atom stereocenters. The first-order chi connectivity index (χ1) is 15.4. The van der Waals surface area contributed by atoms with Gasteiger partial charge in [-0.25, -0.2) is 4.79 Å². The molecule has 0 fully saturated rings. The van der Waals surface area contributed by atoms with Crippen LogP contribution in [0.25, 0.3) is 0 Å². The summed E-state index contributed by atoms with van der Waals surface area (Å²) in [6.45, 7) is 3.57. The van der Waals surface area contributed by atoms with Gasteiger partial charge in [-0.3, -0.25) is 5.32 Å². The van der Waals surface area contributed by atoms with Gasteiger partial charge in [-0.15, -0.1) is 0 Å². The molecule has 1 aliphatic heterocycles. The molecule has 2 aromatic carbocycles. The molecule has 1 amide bonds. The number of thiocarbonyl (C=S) groups is 1. The number of halogens is 5. The molecule has 0 radical (unpaired) electrons. The number of hydrogen-bond acceptors (Lipinski definition) is 5. The van der Waals surface area contributed by atoms with Gasteiger partial charge in [0.1, 0.15) is 0 Å². The number of carbonyl (C=O) groups is 1. The van der Waals surface area contributed by atoms with Crippen molar-refractivity contribution >= 4 is 58.0 Å². The molecular weight excluding hydrogens is 502 g/mol. The Kier molecular flexibility index (Phi) is 7.40. The zero-order chi connectivity index (χ0) is 24.4. The lowest BCUT2D eigenvalue weighted by Crippen LogP contribution is -2.42. The molecule has 3 rings (SSSR count). The van der Waals surface area contributed by atoms with Gasteiger partial charge in [-0.1, -0.05) is 34.4 Å². The fourth-order valence-corrected chi connectivity index (χ4v) is 3.96. The molecule has 0 bridgehead atoms. The van der Waals surface area contributed by atoms with Gasteiger partial charge in [-0.05, 0) is 67.5 Å². The molecule has 6 nitrogen and oxygen atoms in total. The van der Waals surface area contributed by atoms with Crippen molar-refractivity contribution in [1.82, 2.24) is 5.32 Å². The third-order valence-electron chi connectivity index (χ3n) is 4.81. The number of nitrogens with zero attached hydrogens (tertiary/aromatic N) is 1. The summed E-state index contributed by atoms with van der Waals surface area (Å²) < 4.78 is 47.2. The minimum Gasteiger partial charge on any atom is -0.450 e. The Labute approximate surface area is 203 Å². The number of ether oxygens (including phenoxy) is 1. The van der Waals surface area contributed by atoms with Crippen molar-refractivity contribution in [3.8, 4) is 0 Å². The van der Waals surface area contributed by atoms with E-state index in [1.165, 1.54) is 6.07 Å². The van der Waals surface area contributed by atoms with E-state index in [0.29, 0.717) is 16.8 Å². The average molecular weight is 520 g/mol. The monoisotopic (exact) mass is 519 g/mol. The van der Waals surface area contributed by atoms with Gasteiger partial charge in [0.15, 0.2) is 5.11 Å². The number of hydrogen-bond donors (Lipinski definition) is 2. The van der Waals surface area contributed by atoms with Gasteiger partial charge in [0, 0.05) is 27.7 Å². The first kappa shape index (κ1) is 25.1. The van der Waals surface area contributed by atoms with E-state index in [2.05, 4.69) is 15.8 Å². The number of benzene rings is 2. The third kappa shape index (κ3) is 5.51. The fraction of sp³-hybridized carbons (Fsp3) is 0.286. The Hall–Kier alpha value is -2.56. The van der Waals surface area contributed by atoms with Crippen molar-refractivity contribution in [3.63, 3.8) is 0 Å². The van der Waals surface area contributed by atoms with Crippen LogP contribution in [0.2, 0.25) is 10.0 Å². The molecule has 0 aromatic heterocycles. The van der Waals surface area contributed by atoms with E-state index in [-0.39, 0.29) is 33.0 Å². The largest absolute Gasteiger partial charge is 0.450 e. The minimum atomic E-state index is -4.78. The summed E-state index contributed by atoms with van der Waals surface area (Å²) >= 11 is 16.9. The van der Waals surface area contributed by atoms with E-state index >= 15 is 0 Å². The maximum absolute atomic E-state index is 14.1. The average Bonchev–Trinajstić information content (AvgIpc) is 3.16. The van der Waals surface area contributed by atoms with Crippen LogP contribution in [0.5, 0.6) is 0 Å². The Morgan fingerprint density at radius 1 is 1.24 bits per heavy atom. The zero-order valence-electron chi connectivity index (χ0n) is 17.3. The highest BCUT2D eigenvalue weighted by Gasteiger charge is 2.62. The van der Waals surface area contributed by atoms with Crippen molar-refractivity contribution in [2.24, 2.45) is 5.16 Å². The summed E-state index contributed by atoms with van der Waals surface area (Å²) in [5.74, 6) is 0. The standard InChI is InChI=1S/C21H18Cl2F3N3O3S/c1-3-31-19(30)28-18(33)27-16-5-4-12(6-11(16)2)17-10-20(32-29-17,21(24,25)26)13-7-14(22)9-15(23)8-13/h4-9H,3,10H2,1-2H3,(H2,27,28,30,33). The fourth-order valence-electron chi connectivity index (χ4n) is 3.24. The van der Waals surface area contributed by atoms with Crippen LogP contribution in [-0.2, 0) is 15.2 Å². The number of amides is 1. The molecule has 1 aliphatic rings. The molecule has 0 spiro atoms. The number of oxime groups is 1. The predicted molar refractivity (Wildman–Crippen MR) is 124 cm³/mol. The van der Waals surface area contributed by atoms with Crippen LogP contribution >= 0.6 is 35.4 Å². The van der Waals surface area contributed by atoms with Gasteiger partial charge in [0.25, 0.3) is 5.60 Å². The molecular formula is C21H18Cl2F3N3O3S. The number of carbonyl (C=O) groups excluding carboxylic acids is 1. The highest BCUT2D eigenvalue weighted by molar-refractivity contribution is 7.80. The summed E-state index contributed by atoms with van der Waals surface area (Å²) in [7, 11) is 0. The lowest BCUT2D eigenvalue weighted by atomic mass is 9.86. The Morgan fingerprint density at radius 2 is 1.91 bits per heavy atom. The minimum absolute atomic E-state index is 0.0137. The molecule has 0 saturated carbocycles. The van der Waals surface area contributed by atoms with Gasteiger partial charge in [-0.2, -0.15) is 13.2 Å². The topological polar surface area (TPSA) is 72.0 Å². The van der Waals surface area contributed by atoms with E-state index in [0.717, 1.165) is 12.1 Å². The van der Waals surface area contributed by atoms with E-state index < -0.39 is 24.3 Å². The number of aryl methyl sites for hydroxylation is 1. The molecule has 1 atom stereocenters. The van der Waals surface area contributed by atoms with Crippen LogP contribution in [0, 0.1) is 6.92 Å². The molecule has 176 valence electrons. The Balaban J connectivity index is 1.82. The first-order valence-electron chi connectivity index (χ1n) is 9.59. The lowest BCUT2D eigenvalue weighted by molar-refractivity contribution is -0.275. The van der Waals surface area contributed by atoms with Crippen molar-refractivity contribution in [2.45, 2.75) is 32.0 Å². The van der Waals surface area contributed by atoms with Crippen molar-refractivity contribution < 1.29 is 27.5 Å². The summed E-state index contributed by atoms with van der Waals surface area (Å²) in [6, 6.07) is 8.47. The van der Waals surface area contributed by atoms with E-state index in [9.17, 15) is 18.0 Å². The summed E-state index contributed by atoms with van der Waals surface area (Å²) in [6.07, 6.45) is -6.05. The van der Waals surface area contributed by atoms with Gasteiger partial charge < -0.3 is 14.9 Å². The van der Waals surface area contributed by atoms with Gasteiger partial charge in [0.2, 0.25) is 0 Å². The summed E-state index contributed by atoms with van der Waals surface area (Å²) in [5, 5.41) is 9.05. The second kappa shape index (κ2) is 9.74. The molecule has 2 N–H and O–H groups in total. The van der Waals surface area contributed by atoms with Crippen LogP contribution in [0.4, 0.5) is 23.7 Å². The normalized spacial score (nSPS) is 17.7. The summed E-state index contributed by atoms with van der Waals surface area (Å²) in [5.41, 5.74) is -1.22. The molecule has 2 aromatic rings. The highest BCUT2D eigenvalue weighted by atomic mass is 35.5. The first-order valence-corrected chi connectivity index (χ1v) is 10.8. The SMILES string of the molecule is CCOC(=O)NC(=S)Nc1ccc(C2=NOC(c3cc(Cl)cc(Cl)c3)(C(F)(F)F)C2)cc1C. The molecule has 0 aliphatic carbocycles. The quantitative estimate of drug-likeness (QED) is 0.462. The second-order valence-corrected chi connectivity index (χ2v) is 8.40. The maximum atomic E-state index is 14.1. The van der Waals surface area contributed by atoms with Crippen LogP contribution in [-0.4, -0.2) is 29.7 Å². The highest BCUT2D eigenvalue weighted by Crippen LogP contribution is 2.49. The van der Waals surface area contributed by atoms with E-state index in [1.807, 2.05) is 0 Å². The number of alkyl halides is 3. The lowest BCUT2D eigenvalue weighted by Gasteiger charge is -2.29. The molecule has 33 heavy (non-hydrogen) atoms. The maximum Gasteiger partial charge on any atom is 0.435 e. The zero-order valence-corrected chi connectivity index (χ0v) is 19.7. The summed E-state index contributed by atoms with van der Waals surface area (Å²) in [4.78, 5) is 16.5. The molecule has 12 heteroatoms. The predicted octanol–water partition coefficient (Wildman–Crippen LogP) is 6.33. The number of rotatable bonds is 4. The Bertz CT molecular complexity index is 1110. The van der Waals surface area contributed by atoms with Crippen LogP contribution in [0.15, 0.2) is 41.6 Å². The van der Waals surface area contributed by atoms with Crippen molar-refractivity contribution in [1.29, 1.82) is 0 Å². The van der Waals surface area contributed by atoms with Crippen LogP contribution in [0.1, 0.15) is 30.0 Å². The molecule has 0 saturated heterocycles. The van der Waals surface area contributed by atoms with Crippen molar-refractivity contribution in [2.75, 3.05) is 11.9 Å². The number of anilines is 1. The second-order valence-electron chi connectivity index (χ2n) is 7.12. The third-order valence-corrected chi connectivity index (χ3v) is 5.45. The Morgan fingerprint density at radius 3 is 2.48 bits per heavy atom. The van der Waals surface area contributed by atoms with Gasteiger partial charge in [0.05, 0.1) is 12.3 Å².